The summed E-state index contributed by atoms with van der Waals surface area (Å²) in [6.45, 7) is 4.98. The average Bonchev–Trinajstić information content (AvgIpc) is 3.19. The van der Waals surface area contributed by atoms with Gasteiger partial charge in [0.05, 0.1) is 5.56 Å². The molecule has 1 amide bonds. The summed E-state index contributed by atoms with van der Waals surface area (Å²) in [6.07, 6.45) is 1.80. The summed E-state index contributed by atoms with van der Waals surface area (Å²) in [5, 5.41) is 4.12. The number of hydrogen-bond donors (Lipinski definition) is 1. The predicted octanol–water partition coefficient (Wildman–Crippen LogP) is 4.43. The number of nitrogens with two attached hydrogens (primary N) is 1. The van der Waals surface area contributed by atoms with E-state index in [0.29, 0.717) is 5.56 Å². The summed E-state index contributed by atoms with van der Waals surface area (Å²) in [7, 11) is 0. The molecule has 4 heteroatoms. The second-order valence-corrected chi connectivity index (χ2v) is 6.68. The van der Waals surface area contributed by atoms with Crippen LogP contribution < -0.4 is 5.73 Å². The van der Waals surface area contributed by atoms with Gasteiger partial charge >= 0.3 is 0 Å². The van der Waals surface area contributed by atoms with Crippen molar-refractivity contribution in [2.75, 3.05) is 0 Å². The van der Waals surface area contributed by atoms with Gasteiger partial charge in [0.15, 0.2) is 0 Å². The van der Waals surface area contributed by atoms with Gasteiger partial charge in [0.25, 0.3) is 5.91 Å². The Morgan fingerprint density at radius 2 is 1.96 bits per heavy atom. The van der Waals surface area contributed by atoms with Crippen molar-refractivity contribution >= 4 is 17.2 Å². The van der Waals surface area contributed by atoms with E-state index in [1.54, 1.807) is 11.3 Å². The van der Waals surface area contributed by atoms with Crippen molar-refractivity contribution in [1.29, 1.82) is 0 Å². The monoisotopic (exact) mass is 338 g/mol. The lowest BCUT2D eigenvalue weighted by Crippen LogP contribution is -2.13. The fourth-order valence-electron chi connectivity index (χ4n) is 3.37. The third kappa shape index (κ3) is 3.02. The molecule has 0 unspecified atom stereocenters. The van der Waals surface area contributed by atoms with Gasteiger partial charge in [-0.1, -0.05) is 37.3 Å². The largest absolute Gasteiger partial charge is 0.366 e. The normalized spacial score (nSPS) is 10.9. The van der Waals surface area contributed by atoms with Crippen LogP contribution in [-0.4, -0.2) is 10.5 Å². The van der Waals surface area contributed by atoms with E-state index in [1.165, 1.54) is 11.3 Å². The number of aryl methyl sites for hydroxylation is 1. The van der Waals surface area contributed by atoms with E-state index in [-0.39, 0.29) is 5.91 Å². The fourth-order valence-corrected chi connectivity index (χ4v) is 4.02. The van der Waals surface area contributed by atoms with E-state index in [2.05, 4.69) is 47.2 Å². The van der Waals surface area contributed by atoms with Crippen molar-refractivity contribution in [2.45, 2.75) is 33.2 Å². The van der Waals surface area contributed by atoms with E-state index in [4.69, 9.17) is 5.73 Å². The molecule has 3 aromatic rings. The molecule has 0 saturated heterocycles. The van der Waals surface area contributed by atoms with Gasteiger partial charge in [-0.25, -0.2) is 0 Å². The first-order valence-electron chi connectivity index (χ1n) is 8.21. The van der Waals surface area contributed by atoms with Crippen LogP contribution in [0.5, 0.6) is 0 Å². The van der Waals surface area contributed by atoms with Gasteiger partial charge in [0.2, 0.25) is 0 Å². The standard InChI is InChI=1S/C20H22N2OS/c1-3-17-19(16-10-12-24-13-16)18(20(21)23)14(2)22(17)11-9-15-7-5-4-6-8-15/h4-8,10,12-13H,3,9,11H2,1-2H3,(H2,21,23). The van der Waals surface area contributed by atoms with Crippen molar-refractivity contribution in [2.24, 2.45) is 5.73 Å². The van der Waals surface area contributed by atoms with Crippen LogP contribution in [0.4, 0.5) is 0 Å². The lowest BCUT2D eigenvalue weighted by molar-refractivity contribution is 0.1000. The van der Waals surface area contributed by atoms with E-state index in [9.17, 15) is 4.79 Å². The van der Waals surface area contributed by atoms with Gasteiger partial charge in [0.1, 0.15) is 0 Å². The Balaban J connectivity index is 2.06. The molecule has 3 rings (SSSR count). The third-order valence-corrected chi connectivity index (χ3v) is 5.17. The van der Waals surface area contributed by atoms with E-state index >= 15 is 0 Å². The first-order valence-corrected chi connectivity index (χ1v) is 9.16. The van der Waals surface area contributed by atoms with Crippen LogP contribution in [0.15, 0.2) is 47.2 Å². The van der Waals surface area contributed by atoms with E-state index < -0.39 is 0 Å². The summed E-state index contributed by atoms with van der Waals surface area (Å²) in [6, 6.07) is 12.5. The highest BCUT2D eigenvalue weighted by atomic mass is 32.1. The zero-order chi connectivity index (χ0) is 17.1. The Kier molecular flexibility index (Phi) is 4.86. The van der Waals surface area contributed by atoms with Crippen LogP contribution in [0.3, 0.4) is 0 Å². The van der Waals surface area contributed by atoms with Crippen LogP contribution in [0.2, 0.25) is 0 Å². The Labute approximate surface area is 146 Å². The van der Waals surface area contributed by atoms with Crippen molar-refractivity contribution in [1.82, 2.24) is 4.57 Å². The summed E-state index contributed by atoms with van der Waals surface area (Å²) in [5.41, 5.74) is 11.9. The van der Waals surface area contributed by atoms with Crippen LogP contribution in [0.25, 0.3) is 11.1 Å². The number of rotatable bonds is 6. The summed E-state index contributed by atoms with van der Waals surface area (Å²) < 4.78 is 2.26. The van der Waals surface area contributed by atoms with Gasteiger partial charge < -0.3 is 10.3 Å². The molecule has 3 nitrogen and oxygen atoms in total. The van der Waals surface area contributed by atoms with Gasteiger partial charge in [-0.05, 0) is 47.7 Å². The molecular weight excluding hydrogens is 316 g/mol. The first-order chi connectivity index (χ1) is 11.6. The molecule has 0 bridgehead atoms. The zero-order valence-corrected chi connectivity index (χ0v) is 14.9. The van der Waals surface area contributed by atoms with Gasteiger partial charge in [-0.3, -0.25) is 4.79 Å². The lowest BCUT2D eigenvalue weighted by atomic mass is 10.0. The highest BCUT2D eigenvalue weighted by molar-refractivity contribution is 7.08. The molecule has 0 spiro atoms. The van der Waals surface area contributed by atoms with E-state index in [0.717, 1.165) is 36.2 Å². The number of benzene rings is 1. The Hall–Kier alpha value is -2.33. The maximum atomic E-state index is 12.1. The molecule has 0 atom stereocenters. The van der Waals surface area contributed by atoms with Crippen molar-refractivity contribution in [3.05, 3.63) is 69.7 Å². The molecule has 2 N–H and O–H groups in total. The Morgan fingerprint density at radius 1 is 1.21 bits per heavy atom. The molecule has 124 valence electrons. The number of amides is 1. The average molecular weight is 338 g/mol. The van der Waals surface area contributed by atoms with Crippen LogP contribution in [0, 0.1) is 6.92 Å². The molecule has 1 aromatic carbocycles. The summed E-state index contributed by atoms with van der Waals surface area (Å²) >= 11 is 1.64. The number of nitrogens with zero attached hydrogens (tertiary/aromatic N) is 1. The highest BCUT2D eigenvalue weighted by Crippen LogP contribution is 2.34. The second-order valence-electron chi connectivity index (χ2n) is 5.90. The molecule has 0 aliphatic heterocycles. The van der Waals surface area contributed by atoms with Crippen molar-refractivity contribution < 1.29 is 4.79 Å². The molecule has 2 heterocycles. The predicted molar refractivity (Wildman–Crippen MR) is 101 cm³/mol. The molecule has 2 aromatic heterocycles. The minimum atomic E-state index is -0.345. The van der Waals surface area contributed by atoms with Gasteiger partial charge in [0, 0.05) is 23.5 Å². The molecule has 24 heavy (non-hydrogen) atoms. The number of carbonyl (C=O) groups excluding carboxylic acids is 1. The van der Waals surface area contributed by atoms with Gasteiger partial charge in [-0.15, -0.1) is 0 Å². The topological polar surface area (TPSA) is 48.0 Å². The smallest absolute Gasteiger partial charge is 0.251 e. The first kappa shape index (κ1) is 16.5. The molecule has 0 saturated carbocycles. The Morgan fingerprint density at radius 3 is 2.54 bits per heavy atom. The molecular formula is C20H22N2OS. The SMILES string of the molecule is CCc1c(-c2ccsc2)c(C(N)=O)c(C)n1CCc1ccccc1. The van der Waals surface area contributed by atoms with Gasteiger partial charge in [-0.2, -0.15) is 11.3 Å². The number of hydrogen-bond acceptors (Lipinski definition) is 2. The molecule has 0 aliphatic rings. The zero-order valence-electron chi connectivity index (χ0n) is 14.1. The fraction of sp³-hybridized carbons (Fsp3) is 0.250. The number of carbonyl (C=O) groups is 1. The van der Waals surface area contributed by atoms with Crippen LogP contribution >= 0.6 is 11.3 Å². The van der Waals surface area contributed by atoms with Crippen molar-refractivity contribution in [3.63, 3.8) is 0 Å². The molecule has 0 aliphatic carbocycles. The number of thiophene rings is 1. The highest BCUT2D eigenvalue weighted by Gasteiger charge is 2.23. The number of aromatic nitrogens is 1. The van der Waals surface area contributed by atoms with Crippen molar-refractivity contribution in [3.8, 4) is 11.1 Å². The lowest BCUT2D eigenvalue weighted by Gasteiger charge is -2.11. The minimum absolute atomic E-state index is 0.345. The molecule has 0 fully saturated rings. The van der Waals surface area contributed by atoms with E-state index in [1.807, 2.05) is 18.4 Å². The summed E-state index contributed by atoms with van der Waals surface area (Å²) in [4.78, 5) is 12.1. The quantitative estimate of drug-likeness (QED) is 0.710. The second kappa shape index (κ2) is 7.05. The maximum absolute atomic E-state index is 12.1. The van der Waals surface area contributed by atoms with Crippen LogP contribution in [-0.2, 0) is 19.4 Å². The third-order valence-electron chi connectivity index (χ3n) is 4.49. The maximum Gasteiger partial charge on any atom is 0.251 e. The Bertz CT molecular complexity index is 832. The molecule has 0 radical (unpaired) electrons. The van der Waals surface area contributed by atoms with Crippen LogP contribution in [0.1, 0.15) is 34.2 Å². The minimum Gasteiger partial charge on any atom is -0.366 e. The number of primary amides is 1. The summed E-state index contributed by atoms with van der Waals surface area (Å²) in [5.74, 6) is -0.345.